The highest BCUT2D eigenvalue weighted by atomic mass is 79.9. The Labute approximate surface area is 171 Å². The second-order valence-electron chi connectivity index (χ2n) is 6.04. The molecule has 0 unspecified atom stereocenters. The van der Waals surface area contributed by atoms with Crippen LogP contribution in [-0.2, 0) is 4.79 Å². The molecule has 8 nitrogen and oxygen atoms in total. The Kier molecular flexibility index (Phi) is 5.05. The molecule has 4 rings (SSSR count). The van der Waals surface area contributed by atoms with Crippen LogP contribution in [0, 0.1) is 0 Å². The van der Waals surface area contributed by atoms with Crippen LogP contribution in [0.15, 0.2) is 56.9 Å². The Hall–Kier alpha value is -2.85. The molecule has 1 atom stereocenters. The number of rotatable bonds is 5. The Morgan fingerprint density at radius 3 is 2.79 bits per heavy atom. The molecule has 4 aromatic rings. The van der Waals surface area contributed by atoms with Gasteiger partial charge < -0.3 is 15.3 Å². The number of nitrogens with one attached hydrogen (secondary N) is 4. The first-order valence-electron chi connectivity index (χ1n) is 8.36. The summed E-state index contributed by atoms with van der Waals surface area (Å²) in [5.41, 5.74) is 2.53. The highest BCUT2D eigenvalue weighted by Gasteiger charge is 2.18. The highest BCUT2D eigenvalue weighted by molar-refractivity contribution is 9.10. The van der Waals surface area contributed by atoms with Gasteiger partial charge in [-0.25, -0.2) is 9.78 Å². The molecule has 2 aromatic heterocycles. The van der Waals surface area contributed by atoms with Crippen LogP contribution in [-0.4, -0.2) is 36.3 Å². The molecule has 0 saturated heterocycles. The number of hydrogen-bond donors (Lipinski definition) is 4. The second-order valence-corrected chi connectivity index (χ2v) is 8.20. The Morgan fingerprint density at radius 1 is 1.18 bits per heavy atom. The van der Waals surface area contributed by atoms with Gasteiger partial charge in [-0.2, -0.15) is 0 Å². The van der Waals surface area contributed by atoms with E-state index in [1.165, 1.54) is 11.8 Å². The zero-order chi connectivity index (χ0) is 19.7. The van der Waals surface area contributed by atoms with Crippen molar-refractivity contribution in [1.29, 1.82) is 0 Å². The van der Waals surface area contributed by atoms with E-state index in [0.29, 0.717) is 27.7 Å². The molecule has 4 N–H and O–H groups in total. The van der Waals surface area contributed by atoms with Gasteiger partial charge in [0.05, 0.1) is 16.3 Å². The summed E-state index contributed by atoms with van der Waals surface area (Å²) in [6.45, 7) is 1.78. The SMILES string of the molecule is C[C@@H](Sc1n[nH]c(-c2ccccc2Br)n1)C(=O)Nc1ccc2[nH]c(=O)[nH]c2c1. The molecule has 0 bridgehead atoms. The first-order chi connectivity index (χ1) is 13.5. The molecule has 0 aliphatic heterocycles. The van der Waals surface area contributed by atoms with Crippen molar-refractivity contribution in [2.45, 2.75) is 17.3 Å². The zero-order valence-corrected chi connectivity index (χ0v) is 17.0. The minimum absolute atomic E-state index is 0.186. The van der Waals surface area contributed by atoms with Crippen molar-refractivity contribution < 1.29 is 4.79 Å². The number of halogens is 1. The van der Waals surface area contributed by atoms with E-state index in [1.807, 2.05) is 24.3 Å². The first kappa shape index (κ1) is 18.5. The van der Waals surface area contributed by atoms with Crippen LogP contribution in [0.2, 0.25) is 0 Å². The number of benzene rings is 2. The Balaban J connectivity index is 1.44. The fourth-order valence-corrected chi connectivity index (χ4v) is 3.84. The topological polar surface area (TPSA) is 119 Å². The van der Waals surface area contributed by atoms with E-state index in [0.717, 1.165) is 10.0 Å². The van der Waals surface area contributed by atoms with Gasteiger partial charge in [-0.15, -0.1) is 5.10 Å². The molecule has 0 radical (unpaired) electrons. The molecule has 0 aliphatic carbocycles. The van der Waals surface area contributed by atoms with Gasteiger partial charge in [0, 0.05) is 15.7 Å². The van der Waals surface area contributed by atoms with Crippen LogP contribution in [0.4, 0.5) is 5.69 Å². The number of amides is 1. The standard InChI is InChI=1S/C18H15BrN6O2S/c1-9(16(26)20-10-6-7-13-14(8-10)22-17(27)21-13)28-18-23-15(24-25-18)11-4-2-3-5-12(11)19/h2-9H,1H3,(H,20,26)(H2,21,22,27)(H,23,24,25)/t9-/m1/s1. The smallest absolute Gasteiger partial charge is 0.323 e. The van der Waals surface area contributed by atoms with E-state index in [4.69, 9.17) is 0 Å². The molecular weight excluding hydrogens is 444 g/mol. The van der Waals surface area contributed by atoms with Crippen molar-refractivity contribution in [3.05, 3.63) is 57.4 Å². The van der Waals surface area contributed by atoms with Gasteiger partial charge in [0.15, 0.2) is 5.82 Å². The van der Waals surface area contributed by atoms with E-state index in [1.54, 1.807) is 25.1 Å². The lowest BCUT2D eigenvalue weighted by molar-refractivity contribution is -0.115. The summed E-state index contributed by atoms with van der Waals surface area (Å²) in [7, 11) is 0. The molecule has 142 valence electrons. The number of aromatic nitrogens is 5. The molecule has 0 spiro atoms. The first-order valence-corrected chi connectivity index (χ1v) is 10.0. The maximum atomic E-state index is 12.5. The number of carbonyl (C=O) groups excluding carboxylic acids is 1. The number of anilines is 1. The summed E-state index contributed by atoms with van der Waals surface area (Å²) in [6.07, 6.45) is 0. The fraction of sp³-hybridized carbons (Fsp3) is 0.111. The molecule has 28 heavy (non-hydrogen) atoms. The number of fused-ring (bicyclic) bond motifs is 1. The predicted molar refractivity (Wildman–Crippen MR) is 112 cm³/mol. The average Bonchev–Trinajstić information content (AvgIpc) is 3.27. The normalized spacial score (nSPS) is 12.2. The lowest BCUT2D eigenvalue weighted by Crippen LogP contribution is -2.22. The van der Waals surface area contributed by atoms with Crippen molar-refractivity contribution in [3.8, 4) is 11.4 Å². The largest absolute Gasteiger partial charge is 0.325 e. The maximum absolute atomic E-state index is 12.5. The molecule has 1 amide bonds. The van der Waals surface area contributed by atoms with Gasteiger partial charge in [-0.3, -0.25) is 9.89 Å². The highest BCUT2D eigenvalue weighted by Crippen LogP contribution is 2.28. The molecule has 0 fully saturated rings. The number of imidazole rings is 1. The van der Waals surface area contributed by atoms with Crippen LogP contribution in [0.25, 0.3) is 22.4 Å². The molecule has 0 aliphatic rings. The van der Waals surface area contributed by atoms with Crippen molar-refractivity contribution in [3.63, 3.8) is 0 Å². The van der Waals surface area contributed by atoms with Crippen molar-refractivity contribution >= 4 is 50.3 Å². The van der Waals surface area contributed by atoms with Crippen molar-refractivity contribution in [1.82, 2.24) is 25.1 Å². The number of hydrogen-bond acceptors (Lipinski definition) is 5. The van der Waals surface area contributed by atoms with E-state index in [2.05, 4.69) is 46.4 Å². The lowest BCUT2D eigenvalue weighted by atomic mass is 10.2. The summed E-state index contributed by atoms with van der Waals surface area (Å²) in [6, 6.07) is 12.9. The molecular formula is C18H15BrN6O2S. The lowest BCUT2D eigenvalue weighted by Gasteiger charge is -2.10. The number of carbonyl (C=O) groups is 1. The third-order valence-electron chi connectivity index (χ3n) is 4.03. The fourth-order valence-electron chi connectivity index (χ4n) is 2.64. The summed E-state index contributed by atoms with van der Waals surface area (Å²) in [5.74, 6) is 0.443. The van der Waals surface area contributed by atoms with Crippen molar-refractivity contribution in [2.75, 3.05) is 5.32 Å². The Morgan fingerprint density at radius 2 is 1.96 bits per heavy atom. The molecule has 10 heteroatoms. The van der Waals surface area contributed by atoms with E-state index in [9.17, 15) is 9.59 Å². The Bertz CT molecular complexity index is 1210. The number of H-pyrrole nitrogens is 3. The van der Waals surface area contributed by atoms with Crippen LogP contribution >= 0.6 is 27.7 Å². The van der Waals surface area contributed by atoms with E-state index < -0.39 is 5.25 Å². The van der Waals surface area contributed by atoms with Gasteiger partial charge >= 0.3 is 5.69 Å². The summed E-state index contributed by atoms with van der Waals surface area (Å²) in [5, 5.41) is 10.0. The number of aromatic amines is 3. The maximum Gasteiger partial charge on any atom is 0.323 e. The van der Waals surface area contributed by atoms with E-state index >= 15 is 0 Å². The van der Waals surface area contributed by atoms with E-state index in [-0.39, 0.29) is 11.6 Å². The number of nitrogens with zero attached hydrogens (tertiary/aromatic N) is 2. The third-order valence-corrected chi connectivity index (χ3v) is 5.68. The molecule has 2 heterocycles. The van der Waals surface area contributed by atoms with Crippen LogP contribution in [0.5, 0.6) is 0 Å². The van der Waals surface area contributed by atoms with Crippen LogP contribution in [0.1, 0.15) is 6.92 Å². The molecule has 0 saturated carbocycles. The number of thioether (sulfide) groups is 1. The van der Waals surface area contributed by atoms with Gasteiger partial charge in [0.2, 0.25) is 11.1 Å². The zero-order valence-electron chi connectivity index (χ0n) is 14.6. The third kappa shape index (κ3) is 3.87. The quantitative estimate of drug-likeness (QED) is 0.341. The van der Waals surface area contributed by atoms with Gasteiger partial charge in [0.1, 0.15) is 0 Å². The predicted octanol–water partition coefficient (Wildman–Crippen LogP) is 3.52. The van der Waals surface area contributed by atoms with Gasteiger partial charge in [-0.05, 0) is 31.2 Å². The summed E-state index contributed by atoms with van der Waals surface area (Å²) in [4.78, 5) is 33.6. The summed E-state index contributed by atoms with van der Waals surface area (Å²) >= 11 is 4.74. The monoisotopic (exact) mass is 458 g/mol. The minimum atomic E-state index is -0.413. The van der Waals surface area contributed by atoms with Crippen molar-refractivity contribution in [2.24, 2.45) is 0 Å². The molecule has 2 aromatic carbocycles. The van der Waals surface area contributed by atoms with Gasteiger partial charge in [0.25, 0.3) is 0 Å². The van der Waals surface area contributed by atoms with Crippen LogP contribution in [0.3, 0.4) is 0 Å². The average molecular weight is 459 g/mol. The minimum Gasteiger partial charge on any atom is -0.325 e. The second kappa shape index (κ2) is 7.64. The van der Waals surface area contributed by atoms with Gasteiger partial charge in [-0.1, -0.05) is 45.9 Å². The van der Waals surface area contributed by atoms with Crippen LogP contribution < -0.4 is 11.0 Å². The summed E-state index contributed by atoms with van der Waals surface area (Å²) < 4.78 is 0.909.